The Labute approximate surface area is 162 Å². The van der Waals surface area contributed by atoms with Crippen LogP contribution in [0.4, 0.5) is 5.69 Å². The molecule has 3 heterocycles. The molecule has 5 nitrogen and oxygen atoms in total. The zero-order chi connectivity index (χ0) is 18.8. The molecule has 1 aromatic heterocycles. The number of hydrogen-bond donors (Lipinski definition) is 0. The Morgan fingerprint density at radius 2 is 1.85 bits per heavy atom. The lowest BCUT2D eigenvalue weighted by molar-refractivity contribution is -0.117. The van der Waals surface area contributed by atoms with Crippen LogP contribution in [-0.4, -0.2) is 42.1 Å². The number of amides is 2. The molecule has 27 heavy (non-hydrogen) atoms. The Morgan fingerprint density at radius 1 is 1.04 bits per heavy atom. The third-order valence-corrected chi connectivity index (χ3v) is 6.23. The van der Waals surface area contributed by atoms with E-state index in [2.05, 4.69) is 0 Å². The van der Waals surface area contributed by atoms with Gasteiger partial charge in [0.05, 0.1) is 4.88 Å². The number of hydrogen-bond acceptors (Lipinski definition) is 4. The maximum Gasteiger partial charge on any atom is 0.253 e. The Morgan fingerprint density at radius 3 is 2.52 bits per heavy atom. The van der Waals surface area contributed by atoms with Gasteiger partial charge >= 0.3 is 0 Å². The van der Waals surface area contributed by atoms with Crippen molar-refractivity contribution in [2.75, 3.05) is 24.5 Å². The number of rotatable bonds is 4. The van der Waals surface area contributed by atoms with Gasteiger partial charge in [0.2, 0.25) is 5.91 Å². The van der Waals surface area contributed by atoms with E-state index < -0.39 is 0 Å². The number of benzene rings is 1. The van der Waals surface area contributed by atoms with E-state index in [0.29, 0.717) is 25.1 Å². The van der Waals surface area contributed by atoms with Crippen molar-refractivity contribution in [3.63, 3.8) is 0 Å². The first-order valence-electron chi connectivity index (χ1n) is 9.41. The summed E-state index contributed by atoms with van der Waals surface area (Å²) in [5.41, 5.74) is 1.45. The van der Waals surface area contributed by atoms with Crippen LogP contribution in [0.1, 0.15) is 45.7 Å². The number of piperidine rings is 1. The maximum atomic E-state index is 12.9. The fourth-order valence-electron chi connectivity index (χ4n) is 3.88. The lowest BCUT2D eigenvalue weighted by Crippen LogP contribution is -2.42. The Kier molecular flexibility index (Phi) is 5.07. The van der Waals surface area contributed by atoms with Gasteiger partial charge in [-0.1, -0.05) is 6.07 Å². The van der Waals surface area contributed by atoms with E-state index in [1.54, 1.807) is 21.9 Å². The van der Waals surface area contributed by atoms with Crippen LogP contribution in [0.2, 0.25) is 0 Å². The largest absolute Gasteiger partial charge is 0.338 e. The fraction of sp³-hybridized carbons (Fsp3) is 0.381. The third kappa shape index (κ3) is 3.67. The summed E-state index contributed by atoms with van der Waals surface area (Å²) in [6.45, 7) is 1.89. The van der Waals surface area contributed by atoms with Crippen LogP contribution in [0.25, 0.3) is 0 Å². The highest BCUT2D eigenvalue weighted by Crippen LogP contribution is 2.26. The van der Waals surface area contributed by atoms with Gasteiger partial charge in [-0.05, 0) is 55.0 Å². The molecule has 2 aliphatic rings. The van der Waals surface area contributed by atoms with Crippen LogP contribution in [0.5, 0.6) is 0 Å². The second kappa shape index (κ2) is 7.64. The summed E-state index contributed by atoms with van der Waals surface area (Å²) in [6, 6.07) is 11.0. The molecule has 0 radical (unpaired) electrons. The molecule has 1 atom stereocenters. The summed E-state index contributed by atoms with van der Waals surface area (Å²) < 4.78 is 0. The number of thiophene rings is 1. The standard InChI is InChI=1S/C21H22N2O3S/c24-19-6-2-12-23(19)17-9-7-15(8-10-17)21(26)22-11-1-4-16(14-22)20(25)18-5-3-13-27-18/h3,5,7-10,13,16H,1-2,4,6,11-12,14H2. The number of Topliss-reactive ketones (excluding diaryl/α,β-unsaturated/α-hetero) is 1. The van der Waals surface area contributed by atoms with E-state index in [9.17, 15) is 14.4 Å². The van der Waals surface area contributed by atoms with Crippen LogP contribution in [0.3, 0.4) is 0 Å². The van der Waals surface area contributed by atoms with Gasteiger partial charge in [0.1, 0.15) is 0 Å². The highest BCUT2D eigenvalue weighted by Gasteiger charge is 2.30. The lowest BCUT2D eigenvalue weighted by Gasteiger charge is -2.32. The van der Waals surface area contributed by atoms with Crippen LogP contribution < -0.4 is 4.90 Å². The number of ketones is 1. The fourth-order valence-corrected chi connectivity index (χ4v) is 4.63. The van der Waals surface area contributed by atoms with Crippen molar-refractivity contribution in [1.29, 1.82) is 0 Å². The molecule has 4 rings (SSSR count). The zero-order valence-electron chi connectivity index (χ0n) is 15.1. The number of carbonyl (C=O) groups excluding carboxylic acids is 3. The smallest absolute Gasteiger partial charge is 0.253 e. The highest BCUT2D eigenvalue weighted by atomic mass is 32.1. The minimum Gasteiger partial charge on any atom is -0.338 e. The molecule has 0 spiro atoms. The van der Waals surface area contributed by atoms with E-state index in [-0.39, 0.29) is 23.5 Å². The van der Waals surface area contributed by atoms with Gasteiger partial charge in [-0.2, -0.15) is 0 Å². The Hall–Kier alpha value is -2.47. The van der Waals surface area contributed by atoms with Gasteiger partial charge in [-0.25, -0.2) is 0 Å². The summed E-state index contributed by atoms with van der Waals surface area (Å²) in [5, 5.41) is 1.91. The Bertz CT molecular complexity index is 845. The van der Waals surface area contributed by atoms with E-state index in [0.717, 1.165) is 36.4 Å². The average Bonchev–Trinajstić information content (AvgIpc) is 3.39. The molecule has 140 valence electrons. The summed E-state index contributed by atoms with van der Waals surface area (Å²) in [7, 11) is 0. The molecule has 6 heteroatoms. The molecule has 1 unspecified atom stereocenters. The summed E-state index contributed by atoms with van der Waals surface area (Å²) in [6.07, 6.45) is 3.14. The number of nitrogens with zero attached hydrogens (tertiary/aromatic N) is 2. The molecule has 0 bridgehead atoms. The molecule has 2 fully saturated rings. The molecular formula is C21H22N2O3S. The molecule has 2 amide bonds. The molecular weight excluding hydrogens is 360 g/mol. The van der Waals surface area contributed by atoms with E-state index in [1.807, 2.05) is 29.6 Å². The monoisotopic (exact) mass is 382 g/mol. The van der Waals surface area contributed by atoms with Gasteiger partial charge in [0.25, 0.3) is 5.91 Å². The first-order valence-corrected chi connectivity index (χ1v) is 10.3. The SMILES string of the molecule is O=C(c1cccs1)C1CCCN(C(=O)c2ccc(N3CCCC3=O)cc2)C1. The van der Waals surface area contributed by atoms with Gasteiger partial charge in [0.15, 0.2) is 5.78 Å². The summed E-state index contributed by atoms with van der Waals surface area (Å²) in [5.74, 6) is 0.117. The molecule has 1 aromatic carbocycles. The minimum absolute atomic E-state index is 0.0435. The highest BCUT2D eigenvalue weighted by molar-refractivity contribution is 7.12. The molecule has 2 saturated heterocycles. The van der Waals surface area contributed by atoms with Gasteiger partial charge in [-0.3, -0.25) is 14.4 Å². The summed E-state index contributed by atoms with van der Waals surface area (Å²) >= 11 is 1.46. The van der Waals surface area contributed by atoms with Crippen molar-refractivity contribution in [1.82, 2.24) is 4.90 Å². The molecule has 2 aliphatic heterocycles. The van der Waals surface area contributed by atoms with Crippen molar-refractivity contribution in [2.45, 2.75) is 25.7 Å². The minimum atomic E-state index is -0.122. The molecule has 0 aliphatic carbocycles. The number of likely N-dealkylation sites (tertiary alicyclic amines) is 1. The van der Waals surface area contributed by atoms with Crippen LogP contribution in [0.15, 0.2) is 41.8 Å². The summed E-state index contributed by atoms with van der Waals surface area (Å²) in [4.78, 5) is 41.7. The topological polar surface area (TPSA) is 57.7 Å². The average molecular weight is 382 g/mol. The maximum absolute atomic E-state index is 12.9. The van der Waals surface area contributed by atoms with E-state index >= 15 is 0 Å². The third-order valence-electron chi connectivity index (χ3n) is 5.34. The van der Waals surface area contributed by atoms with Crippen molar-refractivity contribution >= 4 is 34.6 Å². The molecule has 0 saturated carbocycles. The van der Waals surface area contributed by atoms with Gasteiger partial charge in [0, 0.05) is 43.2 Å². The van der Waals surface area contributed by atoms with Crippen LogP contribution in [-0.2, 0) is 4.79 Å². The number of carbonyl (C=O) groups is 3. The second-order valence-corrected chi connectivity index (χ2v) is 8.08. The normalized spacial score (nSPS) is 20.1. The lowest BCUT2D eigenvalue weighted by atomic mass is 9.92. The van der Waals surface area contributed by atoms with Gasteiger partial charge < -0.3 is 9.80 Å². The predicted octanol–water partition coefficient (Wildman–Crippen LogP) is 3.61. The van der Waals surface area contributed by atoms with Crippen LogP contribution >= 0.6 is 11.3 Å². The first-order chi connectivity index (χ1) is 13.1. The second-order valence-electron chi connectivity index (χ2n) is 7.13. The van der Waals surface area contributed by atoms with E-state index in [4.69, 9.17) is 0 Å². The molecule has 0 N–H and O–H groups in total. The van der Waals surface area contributed by atoms with Crippen LogP contribution in [0, 0.1) is 5.92 Å². The quantitative estimate of drug-likeness (QED) is 0.759. The van der Waals surface area contributed by atoms with Crippen molar-refractivity contribution in [3.05, 3.63) is 52.2 Å². The number of anilines is 1. The predicted molar refractivity (Wildman–Crippen MR) is 105 cm³/mol. The first kappa shape index (κ1) is 17.9. The zero-order valence-corrected chi connectivity index (χ0v) is 15.9. The van der Waals surface area contributed by atoms with Crippen molar-refractivity contribution < 1.29 is 14.4 Å². The van der Waals surface area contributed by atoms with Gasteiger partial charge in [-0.15, -0.1) is 11.3 Å². The van der Waals surface area contributed by atoms with Crippen molar-refractivity contribution in [2.24, 2.45) is 5.92 Å². The Balaban J connectivity index is 1.44. The molecule has 2 aromatic rings. The van der Waals surface area contributed by atoms with E-state index in [1.165, 1.54) is 11.3 Å². The van der Waals surface area contributed by atoms with Crippen molar-refractivity contribution in [3.8, 4) is 0 Å².